The summed E-state index contributed by atoms with van der Waals surface area (Å²) < 4.78 is 0. The van der Waals surface area contributed by atoms with E-state index < -0.39 is 0 Å². The highest BCUT2D eigenvalue weighted by Gasteiger charge is 2.21. The quantitative estimate of drug-likeness (QED) is 0.921. The molecule has 23 heavy (non-hydrogen) atoms. The first-order valence-electron chi connectivity index (χ1n) is 7.92. The van der Waals surface area contributed by atoms with Crippen LogP contribution in [0.4, 0.5) is 17.6 Å². The Morgan fingerprint density at radius 1 is 1.17 bits per heavy atom. The van der Waals surface area contributed by atoms with Crippen molar-refractivity contribution in [3.8, 4) is 0 Å². The van der Waals surface area contributed by atoms with Gasteiger partial charge in [-0.1, -0.05) is 0 Å². The largest absolute Gasteiger partial charge is 0.367 e. The molecule has 0 saturated carbocycles. The molecule has 3 heterocycles. The number of hydrogen-bond acceptors (Lipinski definition) is 7. The zero-order chi connectivity index (χ0) is 16.2. The summed E-state index contributed by atoms with van der Waals surface area (Å²) in [5, 5.41) is 3.51. The SMILES string of the molecule is Cc1ccnc(N2CCC(Nc3cc(N(C)C)ncn3)CC2)n1. The molecule has 0 bridgehead atoms. The molecule has 2 aromatic rings. The third-order valence-electron chi connectivity index (χ3n) is 4.02. The maximum Gasteiger partial charge on any atom is 0.225 e. The first kappa shape index (κ1) is 15.5. The summed E-state index contributed by atoms with van der Waals surface area (Å²) >= 11 is 0. The van der Waals surface area contributed by atoms with Crippen LogP contribution in [0.15, 0.2) is 24.7 Å². The molecule has 7 nitrogen and oxygen atoms in total. The van der Waals surface area contributed by atoms with Gasteiger partial charge in [-0.2, -0.15) is 0 Å². The number of rotatable bonds is 4. The first-order chi connectivity index (χ1) is 11.1. The fourth-order valence-electron chi connectivity index (χ4n) is 2.69. The van der Waals surface area contributed by atoms with Crippen LogP contribution in [0.1, 0.15) is 18.5 Å². The predicted molar refractivity (Wildman–Crippen MR) is 92.0 cm³/mol. The molecule has 0 spiro atoms. The smallest absolute Gasteiger partial charge is 0.225 e. The van der Waals surface area contributed by atoms with Crippen LogP contribution in [-0.2, 0) is 0 Å². The molecule has 1 N–H and O–H groups in total. The Balaban J connectivity index is 1.58. The molecule has 2 aromatic heterocycles. The number of piperidine rings is 1. The van der Waals surface area contributed by atoms with Crippen LogP contribution in [0.3, 0.4) is 0 Å². The molecule has 1 fully saturated rings. The standard InChI is InChI=1S/C16H23N7/c1-12-4-7-17-16(20-12)23-8-5-13(6-9-23)21-14-10-15(22(2)3)19-11-18-14/h4,7,10-11,13H,5-6,8-9H2,1-3H3,(H,18,19,21). The van der Waals surface area contributed by atoms with Gasteiger partial charge >= 0.3 is 0 Å². The van der Waals surface area contributed by atoms with Crippen molar-refractivity contribution >= 4 is 17.6 Å². The summed E-state index contributed by atoms with van der Waals surface area (Å²) in [6.07, 6.45) is 5.51. The highest BCUT2D eigenvalue weighted by atomic mass is 15.3. The van der Waals surface area contributed by atoms with E-state index in [4.69, 9.17) is 0 Å². The van der Waals surface area contributed by atoms with Gasteiger partial charge in [-0.15, -0.1) is 0 Å². The van der Waals surface area contributed by atoms with Crippen LogP contribution < -0.4 is 15.1 Å². The van der Waals surface area contributed by atoms with E-state index in [1.807, 2.05) is 44.2 Å². The molecule has 3 rings (SSSR count). The number of aryl methyl sites for hydroxylation is 1. The summed E-state index contributed by atoms with van der Waals surface area (Å²) in [7, 11) is 3.96. The van der Waals surface area contributed by atoms with Crippen LogP contribution in [0, 0.1) is 6.92 Å². The van der Waals surface area contributed by atoms with E-state index in [0.717, 1.165) is 49.2 Å². The van der Waals surface area contributed by atoms with Crippen molar-refractivity contribution in [1.29, 1.82) is 0 Å². The Kier molecular flexibility index (Phi) is 4.55. The molecule has 122 valence electrons. The number of aromatic nitrogens is 4. The maximum absolute atomic E-state index is 4.51. The van der Waals surface area contributed by atoms with Crippen molar-refractivity contribution in [2.75, 3.05) is 42.3 Å². The van der Waals surface area contributed by atoms with E-state index >= 15 is 0 Å². The Labute approximate surface area is 136 Å². The fourth-order valence-corrected chi connectivity index (χ4v) is 2.69. The summed E-state index contributed by atoms with van der Waals surface area (Å²) in [6, 6.07) is 4.33. The monoisotopic (exact) mass is 313 g/mol. The molecule has 1 aliphatic heterocycles. The highest BCUT2D eigenvalue weighted by Crippen LogP contribution is 2.20. The van der Waals surface area contributed by atoms with E-state index in [1.165, 1.54) is 0 Å². The number of anilines is 3. The Morgan fingerprint density at radius 2 is 1.96 bits per heavy atom. The minimum absolute atomic E-state index is 0.418. The molecule has 1 aliphatic rings. The summed E-state index contributed by atoms with van der Waals surface area (Å²) in [5.41, 5.74) is 1.01. The Morgan fingerprint density at radius 3 is 2.65 bits per heavy atom. The van der Waals surface area contributed by atoms with E-state index in [9.17, 15) is 0 Å². The second-order valence-electron chi connectivity index (χ2n) is 6.06. The third kappa shape index (κ3) is 3.85. The van der Waals surface area contributed by atoms with Crippen molar-refractivity contribution in [3.63, 3.8) is 0 Å². The normalized spacial score (nSPS) is 15.5. The predicted octanol–water partition coefficient (Wildman–Crippen LogP) is 1.72. The van der Waals surface area contributed by atoms with E-state index in [-0.39, 0.29) is 0 Å². The lowest BCUT2D eigenvalue weighted by molar-refractivity contribution is 0.518. The lowest BCUT2D eigenvalue weighted by Crippen LogP contribution is -2.40. The molecule has 0 aliphatic carbocycles. The second kappa shape index (κ2) is 6.76. The van der Waals surface area contributed by atoms with Crippen molar-refractivity contribution in [2.24, 2.45) is 0 Å². The maximum atomic E-state index is 4.51. The minimum atomic E-state index is 0.418. The van der Waals surface area contributed by atoms with Crippen LogP contribution in [0.5, 0.6) is 0 Å². The number of hydrogen-bond donors (Lipinski definition) is 1. The molecule has 0 radical (unpaired) electrons. The molecule has 1 saturated heterocycles. The van der Waals surface area contributed by atoms with Gasteiger partial charge in [-0.25, -0.2) is 19.9 Å². The van der Waals surface area contributed by atoms with Gasteiger partial charge in [0.15, 0.2) is 0 Å². The molecule has 0 atom stereocenters. The van der Waals surface area contributed by atoms with Crippen LogP contribution in [0.2, 0.25) is 0 Å². The lowest BCUT2D eigenvalue weighted by Gasteiger charge is -2.32. The first-order valence-corrected chi connectivity index (χ1v) is 7.92. The zero-order valence-electron chi connectivity index (χ0n) is 13.9. The van der Waals surface area contributed by atoms with Gasteiger partial charge in [-0.05, 0) is 25.8 Å². The Bertz CT molecular complexity index is 650. The summed E-state index contributed by atoms with van der Waals surface area (Å²) in [6.45, 7) is 3.90. The van der Waals surface area contributed by atoms with Gasteiger partial charge in [0.05, 0.1) is 0 Å². The third-order valence-corrected chi connectivity index (χ3v) is 4.02. The average molecular weight is 313 g/mol. The number of nitrogens with zero attached hydrogens (tertiary/aromatic N) is 6. The van der Waals surface area contributed by atoms with Gasteiger partial charge in [0.2, 0.25) is 5.95 Å². The van der Waals surface area contributed by atoms with Crippen molar-refractivity contribution in [2.45, 2.75) is 25.8 Å². The molecule has 0 amide bonds. The average Bonchev–Trinajstić information content (AvgIpc) is 2.56. The van der Waals surface area contributed by atoms with Gasteiger partial charge in [0, 0.05) is 51.2 Å². The molecule has 7 heteroatoms. The van der Waals surface area contributed by atoms with Gasteiger partial charge in [0.25, 0.3) is 0 Å². The minimum Gasteiger partial charge on any atom is -0.367 e. The Hall–Kier alpha value is -2.44. The molecular formula is C16H23N7. The van der Waals surface area contributed by atoms with Crippen LogP contribution >= 0.6 is 0 Å². The molecule has 0 aromatic carbocycles. The van der Waals surface area contributed by atoms with Crippen molar-refractivity contribution in [3.05, 3.63) is 30.4 Å². The topological polar surface area (TPSA) is 70.1 Å². The zero-order valence-corrected chi connectivity index (χ0v) is 13.9. The summed E-state index contributed by atoms with van der Waals surface area (Å²) in [4.78, 5) is 21.7. The molecule has 0 unspecified atom stereocenters. The molecular weight excluding hydrogens is 290 g/mol. The van der Waals surface area contributed by atoms with Gasteiger partial charge in [0.1, 0.15) is 18.0 Å². The van der Waals surface area contributed by atoms with E-state index in [1.54, 1.807) is 6.33 Å². The van der Waals surface area contributed by atoms with E-state index in [2.05, 4.69) is 30.2 Å². The van der Waals surface area contributed by atoms with E-state index in [0.29, 0.717) is 6.04 Å². The lowest BCUT2D eigenvalue weighted by atomic mass is 10.1. The van der Waals surface area contributed by atoms with Crippen molar-refractivity contribution < 1.29 is 0 Å². The number of nitrogens with one attached hydrogen (secondary N) is 1. The van der Waals surface area contributed by atoms with Crippen LogP contribution in [0.25, 0.3) is 0 Å². The van der Waals surface area contributed by atoms with Crippen molar-refractivity contribution in [1.82, 2.24) is 19.9 Å². The summed E-state index contributed by atoms with van der Waals surface area (Å²) in [5.74, 6) is 2.63. The van der Waals surface area contributed by atoms with Gasteiger partial charge < -0.3 is 15.1 Å². The highest BCUT2D eigenvalue weighted by molar-refractivity contribution is 5.48. The second-order valence-corrected chi connectivity index (χ2v) is 6.06. The van der Waals surface area contributed by atoms with Gasteiger partial charge in [-0.3, -0.25) is 0 Å². The van der Waals surface area contributed by atoms with Crippen LogP contribution in [-0.4, -0.2) is 53.2 Å². The fraction of sp³-hybridized carbons (Fsp3) is 0.500.